The van der Waals surface area contributed by atoms with Gasteiger partial charge >= 0.3 is 5.69 Å². The molecule has 0 aliphatic heterocycles. The molecule has 0 N–H and O–H groups in total. The second-order valence-corrected chi connectivity index (χ2v) is 10.4. The van der Waals surface area contributed by atoms with Crippen molar-refractivity contribution in [2.45, 2.75) is 40.5 Å². The van der Waals surface area contributed by atoms with Gasteiger partial charge in [-0.05, 0) is 29.7 Å². The number of benzene rings is 2. The first-order chi connectivity index (χ1) is 15.4. The zero-order valence-electron chi connectivity index (χ0n) is 18.9. The molecule has 3 aromatic rings. The predicted molar refractivity (Wildman–Crippen MR) is 134 cm³/mol. The van der Waals surface area contributed by atoms with Crippen LogP contribution < -0.4 is 10.3 Å². The fourth-order valence-corrected chi connectivity index (χ4v) is 3.63. The van der Waals surface area contributed by atoms with Crippen LogP contribution in [0.25, 0.3) is 10.9 Å². The lowest BCUT2D eigenvalue weighted by Gasteiger charge is -2.19. The van der Waals surface area contributed by atoms with E-state index in [0.717, 1.165) is 4.47 Å². The largest absolute Gasteiger partial charge is 0.486 e. The van der Waals surface area contributed by atoms with E-state index >= 15 is 0 Å². The first-order valence-corrected chi connectivity index (χ1v) is 11.4. The van der Waals surface area contributed by atoms with Crippen molar-refractivity contribution < 1.29 is 9.66 Å². The second kappa shape index (κ2) is 9.61. The number of hydrogen-bond donors (Lipinski definition) is 0. The number of nitro groups is 1. The summed E-state index contributed by atoms with van der Waals surface area (Å²) in [7, 11) is 0. The molecule has 0 radical (unpaired) electrons. The summed E-state index contributed by atoms with van der Waals surface area (Å²) in [5.74, 6) is 0.395. The monoisotopic (exact) mass is 534 g/mol. The zero-order valence-corrected chi connectivity index (χ0v) is 21.3. The molecule has 0 saturated carbocycles. The van der Waals surface area contributed by atoms with Gasteiger partial charge < -0.3 is 4.74 Å². The fourth-order valence-electron chi connectivity index (χ4n) is 3.05. The van der Waals surface area contributed by atoms with Crippen LogP contribution in [0, 0.1) is 15.5 Å². The summed E-state index contributed by atoms with van der Waals surface area (Å²) in [5.41, 5.74) is -0.0141. The summed E-state index contributed by atoms with van der Waals surface area (Å²) in [6.45, 7) is 9.90. The van der Waals surface area contributed by atoms with E-state index in [9.17, 15) is 14.9 Å². The summed E-state index contributed by atoms with van der Waals surface area (Å²) < 4.78 is 7.78. The highest BCUT2D eigenvalue weighted by molar-refractivity contribution is 9.10. The van der Waals surface area contributed by atoms with E-state index in [4.69, 9.17) is 16.3 Å². The molecule has 0 saturated heterocycles. The Balaban J connectivity index is 2.20. The Bertz CT molecular complexity index is 1310. The number of nitro benzene ring substituents is 1. The summed E-state index contributed by atoms with van der Waals surface area (Å²) in [5, 5.41) is 16.6. The van der Waals surface area contributed by atoms with Crippen LogP contribution in [0.1, 0.15) is 51.9 Å². The molecule has 33 heavy (non-hydrogen) atoms. The minimum atomic E-state index is -0.554. The molecule has 8 nitrogen and oxygen atoms in total. The third kappa shape index (κ3) is 5.78. The molecule has 10 heteroatoms. The molecule has 0 amide bonds. The quantitative estimate of drug-likeness (QED) is 0.214. The topological polar surface area (TPSA) is 99.6 Å². The van der Waals surface area contributed by atoms with E-state index < -0.39 is 4.92 Å². The zero-order chi connectivity index (χ0) is 24.5. The van der Waals surface area contributed by atoms with E-state index in [1.807, 2.05) is 40.7 Å². The van der Waals surface area contributed by atoms with Crippen LogP contribution in [-0.2, 0) is 0 Å². The number of rotatable bonds is 6. The molecular weight excluding hydrogens is 512 g/mol. The molecule has 0 atom stereocenters. The highest BCUT2D eigenvalue weighted by Gasteiger charge is 2.23. The van der Waals surface area contributed by atoms with Crippen LogP contribution in [0.15, 0.2) is 44.7 Å². The van der Waals surface area contributed by atoms with E-state index in [1.54, 1.807) is 12.1 Å². The standard InChI is InChI=1S/C23H24BrClN4O4/c1-13(2)21-27-18-7-6-15(24)9-17(18)22(30)28(21)26-11-14-8-16(25)10-19(29(31)32)20(14)33-12-23(3,4)5/h6-11,13H,12H2,1-5H3. The van der Waals surface area contributed by atoms with Crippen LogP contribution >= 0.6 is 27.5 Å². The van der Waals surface area contributed by atoms with Gasteiger partial charge in [-0.15, -0.1) is 0 Å². The van der Waals surface area contributed by atoms with Crippen molar-refractivity contribution in [1.29, 1.82) is 0 Å². The molecule has 0 aliphatic carbocycles. The number of ether oxygens (including phenoxy) is 1. The number of fused-ring (bicyclic) bond motifs is 1. The summed E-state index contributed by atoms with van der Waals surface area (Å²) in [6.07, 6.45) is 1.34. The second-order valence-electron chi connectivity index (χ2n) is 9.10. The first kappa shape index (κ1) is 24.9. The normalized spacial score (nSPS) is 12.1. The van der Waals surface area contributed by atoms with Crippen LogP contribution in [0.2, 0.25) is 5.02 Å². The van der Waals surface area contributed by atoms with Gasteiger partial charge in [0.25, 0.3) is 5.56 Å². The van der Waals surface area contributed by atoms with Crippen molar-refractivity contribution >= 4 is 50.3 Å². The first-order valence-electron chi connectivity index (χ1n) is 10.2. The molecule has 3 rings (SSSR count). The SMILES string of the molecule is CC(C)c1nc2ccc(Br)cc2c(=O)n1N=Cc1cc(Cl)cc([N+](=O)[O-])c1OCC(C)(C)C. The smallest absolute Gasteiger partial charge is 0.313 e. The minimum absolute atomic E-state index is 0.0405. The number of aromatic nitrogens is 2. The highest BCUT2D eigenvalue weighted by Crippen LogP contribution is 2.35. The molecule has 0 unspecified atom stereocenters. The Kier molecular flexibility index (Phi) is 7.23. The summed E-state index contributed by atoms with van der Waals surface area (Å²) in [4.78, 5) is 28.9. The Morgan fingerprint density at radius 2 is 2.00 bits per heavy atom. The van der Waals surface area contributed by atoms with Crippen LogP contribution in [0.3, 0.4) is 0 Å². The van der Waals surface area contributed by atoms with Gasteiger partial charge in [-0.3, -0.25) is 14.9 Å². The van der Waals surface area contributed by atoms with Gasteiger partial charge in [-0.1, -0.05) is 62.1 Å². The molecule has 2 aromatic carbocycles. The van der Waals surface area contributed by atoms with Gasteiger partial charge in [-0.2, -0.15) is 9.78 Å². The van der Waals surface area contributed by atoms with Crippen LogP contribution in [0.5, 0.6) is 5.75 Å². The van der Waals surface area contributed by atoms with Gasteiger partial charge in [0.1, 0.15) is 5.82 Å². The molecule has 1 aromatic heterocycles. The molecule has 0 aliphatic rings. The van der Waals surface area contributed by atoms with Crippen LogP contribution in [-0.4, -0.2) is 27.4 Å². The molecule has 0 spiro atoms. The van der Waals surface area contributed by atoms with Crippen molar-refractivity contribution in [3.63, 3.8) is 0 Å². The Labute approximate surface area is 204 Å². The average molecular weight is 536 g/mol. The molecular formula is C23H24BrClN4O4. The minimum Gasteiger partial charge on any atom is -0.486 e. The van der Waals surface area contributed by atoms with Crippen molar-refractivity contribution in [1.82, 2.24) is 9.66 Å². The molecule has 0 fully saturated rings. The molecule has 1 heterocycles. The number of halogens is 2. The summed E-state index contributed by atoms with van der Waals surface area (Å²) >= 11 is 9.52. The van der Waals surface area contributed by atoms with E-state index in [-0.39, 0.29) is 45.5 Å². The van der Waals surface area contributed by atoms with Crippen molar-refractivity contribution in [3.8, 4) is 5.75 Å². The lowest BCUT2D eigenvalue weighted by atomic mass is 9.98. The number of hydrogen-bond acceptors (Lipinski definition) is 6. The molecule has 0 bridgehead atoms. The van der Waals surface area contributed by atoms with Crippen LogP contribution in [0.4, 0.5) is 5.69 Å². The Hall–Kier alpha value is -2.78. The fraction of sp³-hybridized carbons (Fsp3) is 0.348. The number of nitrogens with zero attached hydrogens (tertiary/aromatic N) is 4. The van der Waals surface area contributed by atoms with Crippen molar-refractivity contribution in [3.05, 3.63) is 71.7 Å². The van der Waals surface area contributed by atoms with Gasteiger partial charge in [0.05, 0.1) is 28.6 Å². The lowest BCUT2D eigenvalue weighted by molar-refractivity contribution is -0.385. The Morgan fingerprint density at radius 3 is 2.61 bits per heavy atom. The maximum Gasteiger partial charge on any atom is 0.313 e. The average Bonchev–Trinajstić information content (AvgIpc) is 2.71. The third-order valence-electron chi connectivity index (χ3n) is 4.57. The maximum atomic E-state index is 13.2. The van der Waals surface area contributed by atoms with Crippen molar-refractivity contribution in [2.24, 2.45) is 10.5 Å². The predicted octanol–water partition coefficient (Wildman–Crippen LogP) is 6.15. The Morgan fingerprint density at radius 1 is 1.30 bits per heavy atom. The molecule has 174 valence electrons. The summed E-state index contributed by atoms with van der Waals surface area (Å²) in [6, 6.07) is 8.01. The van der Waals surface area contributed by atoms with E-state index in [1.165, 1.54) is 23.0 Å². The van der Waals surface area contributed by atoms with Gasteiger partial charge in [0, 0.05) is 27.0 Å². The van der Waals surface area contributed by atoms with Crippen molar-refractivity contribution in [2.75, 3.05) is 6.61 Å². The van der Waals surface area contributed by atoms with Gasteiger partial charge in [0.2, 0.25) is 5.75 Å². The third-order valence-corrected chi connectivity index (χ3v) is 5.28. The maximum absolute atomic E-state index is 13.2. The highest BCUT2D eigenvalue weighted by atomic mass is 79.9. The van der Waals surface area contributed by atoms with E-state index in [2.05, 4.69) is 26.0 Å². The van der Waals surface area contributed by atoms with E-state index in [0.29, 0.717) is 16.7 Å². The lowest BCUT2D eigenvalue weighted by Crippen LogP contribution is -2.23. The van der Waals surface area contributed by atoms with Gasteiger partial charge in [-0.25, -0.2) is 4.98 Å². The van der Waals surface area contributed by atoms with Gasteiger partial charge in [0.15, 0.2) is 0 Å².